The van der Waals surface area contributed by atoms with E-state index in [-0.39, 0.29) is 18.0 Å². The Kier molecular flexibility index (Phi) is 4.29. The quantitative estimate of drug-likeness (QED) is 0.693. The van der Waals surface area contributed by atoms with Gasteiger partial charge in [-0.3, -0.25) is 0 Å². The highest BCUT2D eigenvalue weighted by Gasteiger charge is 2.23. The van der Waals surface area contributed by atoms with Gasteiger partial charge in [-0.05, 0) is 31.4 Å². The molecule has 106 valence electrons. The zero-order valence-electron chi connectivity index (χ0n) is 11.1. The molecule has 0 saturated heterocycles. The summed E-state index contributed by atoms with van der Waals surface area (Å²) < 4.78 is 19.6. The number of esters is 1. The van der Waals surface area contributed by atoms with Crippen molar-refractivity contribution in [2.24, 2.45) is 0 Å². The largest absolute Gasteiger partial charge is 0.462 e. The topological polar surface area (TPSA) is 70.1 Å². The molecule has 1 aromatic heterocycles. The van der Waals surface area contributed by atoms with Gasteiger partial charge in [0.15, 0.2) is 0 Å². The fourth-order valence-electron chi connectivity index (χ4n) is 1.75. The monoisotopic (exact) mass is 295 g/mol. The first-order valence-electron chi connectivity index (χ1n) is 5.94. The minimum atomic E-state index is -0.531. The van der Waals surface area contributed by atoms with E-state index in [4.69, 9.17) is 10.5 Å². The van der Waals surface area contributed by atoms with E-state index in [9.17, 15) is 9.18 Å². The number of thioether (sulfide) groups is 1. The SMILES string of the molecule is CCOC(=O)c1c(SC)nn(-c2cccc(F)c2)c1N. The molecule has 0 fully saturated rings. The minimum Gasteiger partial charge on any atom is -0.462 e. The number of nitrogens with zero attached hydrogens (tertiary/aromatic N) is 2. The Bertz CT molecular complexity index is 643. The Morgan fingerprint density at radius 1 is 1.55 bits per heavy atom. The molecule has 1 heterocycles. The second-order valence-corrected chi connectivity index (χ2v) is 4.68. The van der Waals surface area contributed by atoms with Gasteiger partial charge in [-0.1, -0.05) is 6.07 Å². The molecule has 0 radical (unpaired) electrons. The summed E-state index contributed by atoms with van der Waals surface area (Å²) in [5.74, 6) is -0.795. The van der Waals surface area contributed by atoms with Crippen molar-refractivity contribution in [1.82, 2.24) is 9.78 Å². The fourth-order valence-corrected chi connectivity index (χ4v) is 2.31. The average Bonchev–Trinajstić information content (AvgIpc) is 2.76. The summed E-state index contributed by atoms with van der Waals surface area (Å²) in [6.07, 6.45) is 1.78. The number of carbonyl (C=O) groups is 1. The molecule has 2 N–H and O–H groups in total. The van der Waals surface area contributed by atoms with Crippen LogP contribution in [0.3, 0.4) is 0 Å². The van der Waals surface area contributed by atoms with E-state index in [2.05, 4.69) is 5.10 Å². The molecule has 7 heteroatoms. The van der Waals surface area contributed by atoms with Crippen LogP contribution in [-0.4, -0.2) is 28.6 Å². The van der Waals surface area contributed by atoms with Crippen molar-refractivity contribution < 1.29 is 13.9 Å². The summed E-state index contributed by atoms with van der Waals surface area (Å²) >= 11 is 1.28. The summed E-state index contributed by atoms with van der Waals surface area (Å²) in [6.45, 7) is 1.96. The summed E-state index contributed by atoms with van der Waals surface area (Å²) in [6, 6.07) is 5.83. The van der Waals surface area contributed by atoms with Gasteiger partial charge in [0, 0.05) is 0 Å². The van der Waals surface area contributed by atoms with Crippen LogP contribution in [0.25, 0.3) is 5.69 Å². The number of rotatable bonds is 4. The highest BCUT2D eigenvalue weighted by Crippen LogP contribution is 2.28. The van der Waals surface area contributed by atoms with Crippen molar-refractivity contribution in [2.75, 3.05) is 18.6 Å². The lowest BCUT2D eigenvalue weighted by Crippen LogP contribution is -2.09. The molecule has 0 amide bonds. The molecule has 2 aromatic rings. The van der Waals surface area contributed by atoms with Crippen molar-refractivity contribution >= 4 is 23.5 Å². The van der Waals surface area contributed by atoms with Crippen molar-refractivity contribution in [3.63, 3.8) is 0 Å². The van der Waals surface area contributed by atoms with E-state index in [1.54, 1.807) is 25.3 Å². The Balaban J connectivity index is 2.54. The third kappa shape index (κ3) is 2.62. The Morgan fingerprint density at radius 2 is 2.30 bits per heavy atom. The molecule has 0 atom stereocenters. The van der Waals surface area contributed by atoms with Crippen LogP contribution in [0, 0.1) is 5.82 Å². The Labute approximate surface area is 119 Å². The second-order valence-electron chi connectivity index (χ2n) is 3.88. The maximum atomic E-state index is 13.3. The second kappa shape index (κ2) is 5.96. The summed E-state index contributed by atoms with van der Waals surface area (Å²) in [4.78, 5) is 11.9. The van der Waals surface area contributed by atoms with Gasteiger partial charge in [0.05, 0.1) is 12.3 Å². The molecule has 0 spiro atoms. The van der Waals surface area contributed by atoms with Crippen LogP contribution >= 0.6 is 11.8 Å². The molecule has 2 rings (SSSR count). The van der Waals surface area contributed by atoms with Gasteiger partial charge in [0.2, 0.25) is 0 Å². The van der Waals surface area contributed by atoms with E-state index in [0.717, 1.165) is 0 Å². The van der Waals surface area contributed by atoms with Gasteiger partial charge in [-0.15, -0.1) is 11.8 Å². The van der Waals surface area contributed by atoms with E-state index in [0.29, 0.717) is 10.7 Å². The highest BCUT2D eigenvalue weighted by molar-refractivity contribution is 7.98. The molecule has 0 saturated carbocycles. The minimum absolute atomic E-state index is 0.137. The third-order valence-corrected chi connectivity index (χ3v) is 3.29. The number of nitrogens with two attached hydrogens (primary N) is 1. The molecule has 1 aromatic carbocycles. The average molecular weight is 295 g/mol. The van der Waals surface area contributed by atoms with Crippen molar-refractivity contribution in [3.8, 4) is 5.69 Å². The molecule has 0 unspecified atom stereocenters. The number of anilines is 1. The third-order valence-electron chi connectivity index (χ3n) is 2.61. The van der Waals surface area contributed by atoms with Gasteiger partial charge in [0.1, 0.15) is 22.2 Å². The number of nitrogen functional groups attached to an aromatic ring is 1. The van der Waals surface area contributed by atoms with Crippen LogP contribution in [-0.2, 0) is 4.74 Å². The van der Waals surface area contributed by atoms with Crippen LogP contribution < -0.4 is 5.73 Å². The number of hydrogen-bond acceptors (Lipinski definition) is 5. The zero-order valence-corrected chi connectivity index (χ0v) is 11.9. The first-order valence-corrected chi connectivity index (χ1v) is 7.16. The molecular weight excluding hydrogens is 281 g/mol. The summed E-state index contributed by atoms with van der Waals surface area (Å²) in [7, 11) is 0. The normalized spacial score (nSPS) is 10.6. The van der Waals surface area contributed by atoms with E-state index in [1.807, 2.05) is 0 Å². The molecule has 0 aliphatic rings. The Morgan fingerprint density at radius 3 is 2.90 bits per heavy atom. The molecule has 0 aliphatic carbocycles. The van der Waals surface area contributed by atoms with Crippen LogP contribution in [0.2, 0.25) is 0 Å². The first kappa shape index (κ1) is 14.4. The lowest BCUT2D eigenvalue weighted by molar-refractivity contribution is 0.0523. The number of carbonyl (C=O) groups excluding carboxylic acids is 1. The number of hydrogen-bond donors (Lipinski definition) is 1. The van der Waals surface area contributed by atoms with Crippen molar-refractivity contribution in [3.05, 3.63) is 35.6 Å². The van der Waals surface area contributed by atoms with Gasteiger partial charge in [-0.25, -0.2) is 13.9 Å². The van der Waals surface area contributed by atoms with Crippen molar-refractivity contribution in [2.45, 2.75) is 11.9 Å². The number of ether oxygens (including phenoxy) is 1. The van der Waals surface area contributed by atoms with Gasteiger partial charge in [-0.2, -0.15) is 5.10 Å². The van der Waals surface area contributed by atoms with Crippen LogP contribution in [0.4, 0.5) is 10.2 Å². The standard InChI is InChI=1S/C13H14FN3O2S/c1-3-19-13(18)10-11(15)17(16-12(10)20-2)9-6-4-5-8(14)7-9/h4-7H,3,15H2,1-2H3. The molecule has 20 heavy (non-hydrogen) atoms. The molecule has 0 aliphatic heterocycles. The van der Waals surface area contributed by atoms with Gasteiger partial charge in [0.25, 0.3) is 0 Å². The number of halogens is 1. The number of benzene rings is 1. The summed E-state index contributed by atoms with van der Waals surface area (Å²) in [5.41, 5.74) is 6.62. The van der Waals surface area contributed by atoms with Gasteiger partial charge >= 0.3 is 5.97 Å². The maximum absolute atomic E-state index is 13.3. The van der Waals surface area contributed by atoms with Crippen LogP contribution in [0.5, 0.6) is 0 Å². The predicted molar refractivity (Wildman–Crippen MR) is 75.7 cm³/mol. The number of aromatic nitrogens is 2. The molecular formula is C13H14FN3O2S. The predicted octanol–water partition coefficient (Wildman–Crippen LogP) is 2.49. The fraction of sp³-hybridized carbons (Fsp3) is 0.231. The first-order chi connectivity index (χ1) is 9.58. The van der Waals surface area contributed by atoms with E-state index < -0.39 is 11.8 Å². The summed E-state index contributed by atoms with van der Waals surface area (Å²) in [5, 5.41) is 4.68. The van der Waals surface area contributed by atoms with Crippen LogP contribution in [0.1, 0.15) is 17.3 Å². The smallest absolute Gasteiger partial charge is 0.344 e. The lowest BCUT2D eigenvalue weighted by atomic mass is 10.3. The van der Waals surface area contributed by atoms with Crippen molar-refractivity contribution in [1.29, 1.82) is 0 Å². The molecule has 5 nitrogen and oxygen atoms in total. The highest BCUT2D eigenvalue weighted by atomic mass is 32.2. The van der Waals surface area contributed by atoms with E-state index >= 15 is 0 Å². The van der Waals surface area contributed by atoms with Gasteiger partial charge < -0.3 is 10.5 Å². The Hall–Kier alpha value is -2.02. The molecule has 0 bridgehead atoms. The van der Waals surface area contributed by atoms with Crippen LogP contribution in [0.15, 0.2) is 29.3 Å². The maximum Gasteiger partial charge on any atom is 0.344 e. The lowest BCUT2D eigenvalue weighted by Gasteiger charge is -2.05. The van der Waals surface area contributed by atoms with E-state index in [1.165, 1.54) is 28.6 Å². The zero-order chi connectivity index (χ0) is 14.7.